The number of amides is 1. The lowest BCUT2D eigenvalue weighted by atomic mass is 10.2. The van der Waals surface area contributed by atoms with E-state index in [0.29, 0.717) is 18.0 Å². The van der Waals surface area contributed by atoms with E-state index in [-0.39, 0.29) is 12.3 Å². The summed E-state index contributed by atoms with van der Waals surface area (Å²) in [7, 11) is 0. The molecule has 108 valence electrons. The van der Waals surface area contributed by atoms with Crippen molar-refractivity contribution in [2.45, 2.75) is 25.7 Å². The molecule has 0 saturated carbocycles. The van der Waals surface area contributed by atoms with Crippen molar-refractivity contribution in [2.75, 3.05) is 6.54 Å². The minimum absolute atomic E-state index is 0.0720. The fraction of sp³-hybridized carbons (Fsp3) is 0.333. The number of halogens is 1. The highest BCUT2D eigenvalue weighted by molar-refractivity contribution is 6.30. The lowest BCUT2D eigenvalue weighted by Gasteiger charge is -2.03. The average Bonchev–Trinajstić information content (AvgIpc) is 2.40. The zero-order valence-electron chi connectivity index (χ0n) is 11.1. The van der Waals surface area contributed by atoms with Crippen LogP contribution in [-0.4, -0.2) is 18.4 Å². The maximum atomic E-state index is 11.5. The van der Waals surface area contributed by atoms with Crippen LogP contribution in [0.1, 0.15) is 31.2 Å². The number of carbonyl (C=O) groups is 2. The summed E-state index contributed by atoms with van der Waals surface area (Å²) in [4.78, 5) is 21.7. The third-order valence-corrected chi connectivity index (χ3v) is 2.87. The summed E-state index contributed by atoms with van der Waals surface area (Å²) in [6.07, 6.45) is 5.31. The van der Waals surface area contributed by atoms with Crippen molar-refractivity contribution in [3.63, 3.8) is 0 Å². The SMILES string of the molecule is O=C([O-])CCCCCNC(=O)/C=C/c1cccc(Cl)c1. The molecule has 1 amide bonds. The predicted octanol–water partition coefficient (Wildman–Crippen LogP) is 1.78. The lowest BCUT2D eigenvalue weighted by molar-refractivity contribution is -0.305. The fourth-order valence-corrected chi connectivity index (χ4v) is 1.82. The number of carbonyl (C=O) groups excluding carboxylic acids is 2. The van der Waals surface area contributed by atoms with Gasteiger partial charge in [0, 0.05) is 23.6 Å². The molecule has 0 aliphatic rings. The van der Waals surface area contributed by atoms with Gasteiger partial charge in [-0.15, -0.1) is 0 Å². The minimum Gasteiger partial charge on any atom is -0.550 e. The molecule has 1 aromatic rings. The molecule has 0 aliphatic carbocycles. The van der Waals surface area contributed by atoms with Crippen molar-refractivity contribution in [2.24, 2.45) is 0 Å². The van der Waals surface area contributed by atoms with E-state index in [1.807, 2.05) is 12.1 Å². The normalized spacial score (nSPS) is 10.7. The first-order valence-electron chi connectivity index (χ1n) is 6.49. The lowest BCUT2D eigenvalue weighted by Crippen LogP contribution is -2.23. The minimum atomic E-state index is -1.03. The van der Waals surface area contributed by atoms with Crippen LogP contribution in [0.15, 0.2) is 30.3 Å². The van der Waals surface area contributed by atoms with Crippen LogP contribution in [0.5, 0.6) is 0 Å². The first kappa shape index (κ1) is 16.2. The van der Waals surface area contributed by atoms with Crippen LogP contribution in [0.25, 0.3) is 6.08 Å². The molecule has 4 nitrogen and oxygen atoms in total. The Labute approximate surface area is 123 Å². The molecule has 1 aromatic carbocycles. The summed E-state index contributed by atoms with van der Waals surface area (Å²) in [6.45, 7) is 0.533. The first-order chi connectivity index (χ1) is 9.58. The van der Waals surface area contributed by atoms with Gasteiger partial charge in [0.1, 0.15) is 0 Å². The predicted molar refractivity (Wildman–Crippen MR) is 77.0 cm³/mol. The average molecular weight is 295 g/mol. The Morgan fingerprint density at radius 2 is 2.05 bits per heavy atom. The second-order valence-electron chi connectivity index (χ2n) is 4.36. The number of rotatable bonds is 8. The molecule has 0 bridgehead atoms. The number of unbranched alkanes of at least 4 members (excludes halogenated alkanes) is 2. The molecule has 0 aromatic heterocycles. The van der Waals surface area contributed by atoms with E-state index in [1.54, 1.807) is 18.2 Å². The number of benzene rings is 1. The van der Waals surface area contributed by atoms with E-state index >= 15 is 0 Å². The number of hydrogen-bond acceptors (Lipinski definition) is 3. The van der Waals surface area contributed by atoms with Crippen LogP contribution < -0.4 is 10.4 Å². The molecular formula is C15H17ClNO3-. The van der Waals surface area contributed by atoms with Gasteiger partial charge in [-0.1, -0.05) is 30.2 Å². The number of carboxylic acids is 1. The molecule has 0 radical (unpaired) electrons. The van der Waals surface area contributed by atoms with E-state index in [0.717, 1.165) is 18.4 Å². The van der Waals surface area contributed by atoms with Crippen molar-refractivity contribution in [3.8, 4) is 0 Å². The quantitative estimate of drug-likeness (QED) is 0.587. The van der Waals surface area contributed by atoms with Crippen molar-refractivity contribution in [3.05, 3.63) is 40.9 Å². The van der Waals surface area contributed by atoms with Gasteiger partial charge in [0.05, 0.1) is 0 Å². The summed E-state index contributed by atoms with van der Waals surface area (Å²) < 4.78 is 0. The molecule has 0 saturated heterocycles. The van der Waals surface area contributed by atoms with Gasteiger partial charge in [0.25, 0.3) is 0 Å². The Bertz CT molecular complexity index is 486. The molecule has 5 heteroatoms. The Morgan fingerprint density at radius 3 is 2.75 bits per heavy atom. The maximum Gasteiger partial charge on any atom is 0.243 e. The highest BCUT2D eigenvalue weighted by Crippen LogP contribution is 2.11. The van der Waals surface area contributed by atoms with Gasteiger partial charge in [-0.05, 0) is 43.0 Å². The molecule has 0 unspecified atom stereocenters. The van der Waals surface area contributed by atoms with Crippen molar-refractivity contribution >= 4 is 29.6 Å². The topological polar surface area (TPSA) is 69.2 Å². The van der Waals surface area contributed by atoms with Gasteiger partial charge in [0.15, 0.2) is 0 Å². The Hall–Kier alpha value is -1.81. The number of aliphatic carboxylic acids is 1. The Balaban J connectivity index is 2.18. The zero-order chi connectivity index (χ0) is 14.8. The monoisotopic (exact) mass is 294 g/mol. The highest BCUT2D eigenvalue weighted by atomic mass is 35.5. The molecule has 0 fully saturated rings. The van der Waals surface area contributed by atoms with Crippen molar-refractivity contribution in [1.29, 1.82) is 0 Å². The largest absolute Gasteiger partial charge is 0.550 e. The van der Waals surface area contributed by atoms with Gasteiger partial charge < -0.3 is 15.2 Å². The third kappa shape index (κ3) is 7.59. The number of nitrogens with one attached hydrogen (secondary N) is 1. The Morgan fingerprint density at radius 1 is 1.25 bits per heavy atom. The summed E-state index contributed by atoms with van der Waals surface area (Å²) in [5, 5.41) is 13.5. The van der Waals surface area contributed by atoms with Gasteiger partial charge in [0.2, 0.25) is 5.91 Å². The molecular weight excluding hydrogens is 278 g/mol. The number of carboxylic acid groups (broad SMARTS) is 1. The molecule has 0 heterocycles. The molecule has 0 atom stereocenters. The Kier molecular flexibility index (Phi) is 7.43. The third-order valence-electron chi connectivity index (χ3n) is 2.63. The van der Waals surface area contributed by atoms with Gasteiger partial charge >= 0.3 is 0 Å². The van der Waals surface area contributed by atoms with E-state index in [1.165, 1.54) is 6.08 Å². The van der Waals surface area contributed by atoms with Crippen molar-refractivity contribution in [1.82, 2.24) is 5.32 Å². The molecule has 0 spiro atoms. The zero-order valence-corrected chi connectivity index (χ0v) is 11.9. The van der Waals surface area contributed by atoms with Gasteiger partial charge in [-0.25, -0.2) is 0 Å². The maximum absolute atomic E-state index is 11.5. The molecule has 20 heavy (non-hydrogen) atoms. The number of hydrogen-bond donors (Lipinski definition) is 1. The van der Waals surface area contributed by atoms with Crippen LogP contribution in [0.3, 0.4) is 0 Å². The van der Waals surface area contributed by atoms with E-state index < -0.39 is 5.97 Å². The van der Waals surface area contributed by atoms with E-state index in [9.17, 15) is 14.7 Å². The smallest absolute Gasteiger partial charge is 0.243 e. The summed E-state index contributed by atoms with van der Waals surface area (Å²) in [5.74, 6) is -1.21. The highest BCUT2D eigenvalue weighted by Gasteiger charge is 1.96. The van der Waals surface area contributed by atoms with E-state index in [4.69, 9.17) is 11.6 Å². The summed E-state index contributed by atoms with van der Waals surface area (Å²) >= 11 is 5.83. The second-order valence-corrected chi connectivity index (χ2v) is 4.80. The van der Waals surface area contributed by atoms with Crippen LogP contribution >= 0.6 is 11.6 Å². The van der Waals surface area contributed by atoms with Crippen LogP contribution in [0.4, 0.5) is 0 Å². The van der Waals surface area contributed by atoms with Crippen LogP contribution in [0.2, 0.25) is 5.02 Å². The van der Waals surface area contributed by atoms with Crippen molar-refractivity contribution < 1.29 is 14.7 Å². The first-order valence-corrected chi connectivity index (χ1v) is 6.87. The van der Waals surface area contributed by atoms with Crippen LogP contribution in [0, 0.1) is 0 Å². The summed E-state index contributed by atoms with van der Waals surface area (Å²) in [6, 6.07) is 7.21. The van der Waals surface area contributed by atoms with Gasteiger partial charge in [-0.3, -0.25) is 4.79 Å². The standard InChI is InChI=1S/C15H18ClNO3/c16-13-6-4-5-12(11-13)8-9-14(18)17-10-3-1-2-7-15(19)20/h4-6,8-9,11H,1-3,7,10H2,(H,17,18)(H,19,20)/p-1/b9-8+. The van der Waals surface area contributed by atoms with E-state index in [2.05, 4.69) is 5.32 Å². The van der Waals surface area contributed by atoms with Gasteiger partial charge in [-0.2, -0.15) is 0 Å². The molecule has 1 rings (SSSR count). The molecule has 0 aliphatic heterocycles. The fourth-order valence-electron chi connectivity index (χ4n) is 1.62. The summed E-state index contributed by atoms with van der Waals surface area (Å²) in [5.41, 5.74) is 0.863. The second kappa shape index (κ2) is 9.15. The van der Waals surface area contributed by atoms with Crippen LogP contribution in [-0.2, 0) is 9.59 Å². The molecule has 1 N–H and O–H groups in total.